The molecule has 0 spiro atoms. The summed E-state index contributed by atoms with van der Waals surface area (Å²) in [6, 6.07) is 8.84. The van der Waals surface area contributed by atoms with Gasteiger partial charge in [0.25, 0.3) is 5.91 Å². The molecule has 2 aromatic heterocycles. The molecule has 0 aliphatic carbocycles. The van der Waals surface area contributed by atoms with E-state index >= 15 is 0 Å². The second kappa shape index (κ2) is 6.07. The number of H-pyrrole nitrogens is 1. The van der Waals surface area contributed by atoms with Crippen molar-refractivity contribution in [2.45, 2.75) is 13.5 Å². The zero-order chi connectivity index (χ0) is 15.5. The lowest BCUT2D eigenvalue weighted by molar-refractivity contribution is 0.0958. The number of aryl methyl sites for hydroxylation is 1. The van der Waals surface area contributed by atoms with Crippen LogP contribution in [0.15, 0.2) is 53.4 Å². The van der Waals surface area contributed by atoms with Gasteiger partial charge in [-0.15, -0.1) is 0 Å². The fourth-order valence-corrected chi connectivity index (χ4v) is 2.38. The molecule has 1 amide bonds. The normalized spacial score (nSPS) is 10.6. The van der Waals surface area contributed by atoms with E-state index in [0.717, 1.165) is 5.56 Å². The minimum Gasteiger partial charge on any atom is -0.459 e. The molecule has 0 saturated heterocycles. The molecule has 0 atom stereocenters. The Morgan fingerprint density at radius 2 is 2.27 bits per heavy atom. The quantitative estimate of drug-likeness (QED) is 0.796. The highest BCUT2D eigenvalue weighted by Gasteiger charge is 2.23. The van der Waals surface area contributed by atoms with E-state index in [1.807, 2.05) is 19.1 Å². The van der Waals surface area contributed by atoms with Crippen molar-refractivity contribution >= 4 is 23.2 Å². The lowest BCUT2D eigenvalue weighted by atomic mass is 10.2. The maximum Gasteiger partial charge on any atom is 0.294 e. The topological polar surface area (TPSA) is 62.1 Å². The summed E-state index contributed by atoms with van der Waals surface area (Å²) in [5, 5.41) is 0.497. The predicted octanol–water partition coefficient (Wildman–Crippen LogP) is 3.81. The van der Waals surface area contributed by atoms with Crippen LogP contribution >= 0.6 is 11.6 Å². The van der Waals surface area contributed by atoms with Gasteiger partial charge in [0.2, 0.25) is 0 Å². The Kier molecular flexibility index (Phi) is 3.98. The van der Waals surface area contributed by atoms with Crippen molar-refractivity contribution in [1.29, 1.82) is 0 Å². The van der Waals surface area contributed by atoms with Crippen LogP contribution in [0.2, 0.25) is 5.02 Å². The molecule has 3 rings (SSSR count). The number of aromatic nitrogens is 2. The van der Waals surface area contributed by atoms with Crippen molar-refractivity contribution in [1.82, 2.24) is 9.97 Å². The Balaban J connectivity index is 2.02. The summed E-state index contributed by atoms with van der Waals surface area (Å²) >= 11 is 6.28. The zero-order valence-corrected chi connectivity index (χ0v) is 12.7. The highest BCUT2D eigenvalue weighted by Crippen LogP contribution is 2.29. The Morgan fingerprint density at radius 3 is 2.95 bits per heavy atom. The van der Waals surface area contributed by atoms with Crippen LogP contribution in [0.1, 0.15) is 21.9 Å². The van der Waals surface area contributed by atoms with E-state index in [0.29, 0.717) is 16.5 Å². The number of anilines is 1. The molecule has 112 valence electrons. The van der Waals surface area contributed by atoms with Crippen LogP contribution in [0.3, 0.4) is 0 Å². The number of hydrogen-bond acceptors (Lipinski definition) is 3. The predicted molar refractivity (Wildman–Crippen MR) is 84.0 cm³/mol. The molecule has 0 aliphatic heterocycles. The zero-order valence-electron chi connectivity index (χ0n) is 11.9. The van der Waals surface area contributed by atoms with Gasteiger partial charge < -0.3 is 9.40 Å². The molecule has 0 aliphatic rings. The molecule has 0 saturated carbocycles. The van der Waals surface area contributed by atoms with E-state index in [9.17, 15) is 4.79 Å². The maximum atomic E-state index is 12.7. The van der Waals surface area contributed by atoms with Gasteiger partial charge in [-0.1, -0.05) is 17.7 Å². The van der Waals surface area contributed by atoms with Gasteiger partial charge in [0.1, 0.15) is 5.82 Å². The first kappa shape index (κ1) is 14.4. The number of carbonyl (C=O) groups excluding carboxylic acids is 1. The van der Waals surface area contributed by atoms with Gasteiger partial charge in [-0.2, -0.15) is 0 Å². The lowest BCUT2D eigenvalue weighted by Gasteiger charge is -2.22. The van der Waals surface area contributed by atoms with Gasteiger partial charge in [0.15, 0.2) is 5.76 Å². The summed E-state index contributed by atoms with van der Waals surface area (Å²) in [5.74, 6) is 0.649. The highest BCUT2D eigenvalue weighted by molar-refractivity contribution is 6.34. The molecule has 0 unspecified atom stereocenters. The van der Waals surface area contributed by atoms with Gasteiger partial charge in [0.05, 0.1) is 23.5 Å². The van der Waals surface area contributed by atoms with Crippen LogP contribution in [-0.2, 0) is 6.54 Å². The number of carbonyl (C=O) groups is 1. The van der Waals surface area contributed by atoms with E-state index in [4.69, 9.17) is 16.0 Å². The third-order valence-corrected chi connectivity index (χ3v) is 3.55. The van der Waals surface area contributed by atoms with Crippen LogP contribution in [0, 0.1) is 6.92 Å². The Morgan fingerprint density at radius 1 is 1.41 bits per heavy atom. The van der Waals surface area contributed by atoms with Crippen molar-refractivity contribution in [3.8, 4) is 0 Å². The van der Waals surface area contributed by atoms with E-state index in [1.54, 1.807) is 35.5 Å². The van der Waals surface area contributed by atoms with Gasteiger partial charge in [-0.3, -0.25) is 9.69 Å². The molecular formula is C16H14ClN3O2. The average Bonchev–Trinajstić information content (AvgIpc) is 3.20. The third kappa shape index (κ3) is 2.89. The van der Waals surface area contributed by atoms with E-state index in [1.165, 1.54) is 6.26 Å². The molecule has 5 nitrogen and oxygen atoms in total. The van der Waals surface area contributed by atoms with Gasteiger partial charge in [-0.05, 0) is 36.8 Å². The molecule has 1 N–H and O–H groups in total. The minimum atomic E-state index is -0.270. The number of imidazole rings is 1. The Hall–Kier alpha value is -2.53. The number of rotatable bonds is 4. The van der Waals surface area contributed by atoms with E-state index in [-0.39, 0.29) is 18.2 Å². The summed E-state index contributed by atoms with van der Waals surface area (Å²) in [6.45, 7) is 2.22. The first-order chi connectivity index (χ1) is 10.6. The Bertz CT molecular complexity index is 767. The van der Waals surface area contributed by atoms with Crippen LogP contribution in [0.25, 0.3) is 0 Å². The number of halogens is 1. The van der Waals surface area contributed by atoms with Gasteiger partial charge in [0, 0.05) is 12.4 Å². The summed E-state index contributed by atoms with van der Waals surface area (Å²) in [5.41, 5.74) is 1.63. The summed E-state index contributed by atoms with van der Waals surface area (Å²) in [4.78, 5) is 21.4. The molecule has 0 radical (unpaired) electrons. The summed E-state index contributed by atoms with van der Waals surface area (Å²) in [6.07, 6.45) is 4.82. The van der Waals surface area contributed by atoms with Gasteiger partial charge in [-0.25, -0.2) is 4.98 Å². The fraction of sp³-hybridized carbons (Fsp3) is 0.125. The van der Waals surface area contributed by atoms with Crippen LogP contribution in [-0.4, -0.2) is 15.9 Å². The second-order valence-electron chi connectivity index (χ2n) is 4.86. The van der Waals surface area contributed by atoms with Crippen molar-refractivity contribution < 1.29 is 9.21 Å². The number of aromatic amines is 1. The van der Waals surface area contributed by atoms with Crippen molar-refractivity contribution in [3.63, 3.8) is 0 Å². The van der Waals surface area contributed by atoms with Crippen molar-refractivity contribution in [3.05, 3.63) is 71.2 Å². The molecule has 3 aromatic rings. The Labute approximate surface area is 132 Å². The van der Waals surface area contributed by atoms with Gasteiger partial charge >= 0.3 is 0 Å². The number of benzene rings is 1. The van der Waals surface area contributed by atoms with E-state index in [2.05, 4.69) is 9.97 Å². The number of nitrogens with zero attached hydrogens (tertiary/aromatic N) is 2. The average molecular weight is 316 g/mol. The highest BCUT2D eigenvalue weighted by atomic mass is 35.5. The fourth-order valence-electron chi connectivity index (χ4n) is 2.16. The van der Waals surface area contributed by atoms with E-state index < -0.39 is 0 Å². The maximum absolute atomic E-state index is 12.7. The molecule has 1 aromatic carbocycles. The smallest absolute Gasteiger partial charge is 0.294 e. The van der Waals surface area contributed by atoms with Crippen LogP contribution in [0.5, 0.6) is 0 Å². The SMILES string of the molecule is Cc1ccc(Cl)c(N(Cc2ncc[nH]2)C(=O)c2ccco2)c1. The third-order valence-electron chi connectivity index (χ3n) is 3.23. The summed E-state index contributed by atoms with van der Waals surface area (Å²) < 4.78 is 5.22. The number of nitrogens with one attached hydrogen (secondary N) is 1. The van der Waals surface area contributed by atoms with Crippen molar-refractivity contribution in [2.75, 3.05) is 4.90 Å². The molecule has 22 heavy (non-hydrogen) atoms. The number of furan rings is 1. The van der Waals surface area contributed by atoms with Crippen molar-refractivity contribution in [2.24, 2.45) is 0 Å². The van der Waals surface area contributed by atoms with Crippen LogP contribution in [0.4, 0.5) is 5.69 Å². The first-order valence-electron chi connectivity index (χ1n) is 6.75. The largest absolute Gasteiger partial charge is 0.459 e. The molecule has 0 bridgehead atoms. The van der Waals surface area contributed by atoms with Crippen LogP contribution < -0.4 is 4.90 Å². The number of hydrogen-bond donors (Lipinski definition) is 1. The monoisotopic (exact) mass is 315 g/mol. The summed E-state index contributed by atoms with van der Waals surface area (Å²) in [7, 11) is 0. The molecule has 6 heteroatoms. The molecular weight excluding hydrogens is 302 g/mol. The molecule has 2 heterocycles. The minimum absolute atomic E-state index is 0.254. The molecule has 0 fully saturated rings. The number of amides is 1. The second-order valence-corrected chi connectivity index (χ2v) is 5.27. The lowest BCUT2D eigenvalue weighted by Crippen LogP contribution is -2.31. The standard InChI is InChI=1S/C16H14ClN3O2/c1-11-4-5-12(17)13(9-11)20(10-15-18-6-7-19-15)16(21)14-3-2-8-22-14/h2-9H,10H2,1H3,(H,18,19). The first-order valence-corrected chi connectivity index (χ1v) is 7.13.